The third-order valence-corrected chi connectivity index (χ3v) is 4.87. The number of anilines is 1. The van der Waals surface area contributed by atoms with Crippen LogP contribution in [0.1, 0.15) is 27.3 Å². The number of hydrogen-bond acceptors (Lipinski definition) is 5. The Balaban J connectivity index is 1.49. The molecule has 2 heterocycles. The van der Waals surface area contributed by atoms with Gasteiger partial charge in [0.2, 0.25) is 0 Å². The van der Waals surface area contributed by atoms with Crippen LogP contribution in [-0.2, 0) is 12.8 Å². The fraction of sp³-hybridized carbons (Fsp3) is 0.353. The van der Waals surface area contributed by atoms with Gasteiger partial charge in [0.15, 0.2) is 5.13 Å². The Bertz CT molecular complexity index is 758. The van der Waals surface area contributed by atoms with Crippen molar-refractivity contribution >= 4 is 28.4 Å². The van der Waals surface area contributed by atoms with Crippen LogP contribution in [0.3, 0.4) is 0 Å². The fourth-order valence-electron chi connectivity index (χ4n) is 2.54. The normalized spacial score (nSPS) is 13.4. The van der Waals surface area contributed by atoms with Gasteiger partial charge in [0.25, 0.3) is 5.91 Å². The van der Waals surface area contributed by atoms with E-state index in [1.807, 2.05) is 24.3 Å². The van der Waals surface area contributed by atoms with Gasteiger partial charge in [-0.1, -0.05) is 23.5 Å². The lowest BCUT2D eigenvalue weighted by Crippen LogP contribution is -2.30. The summed E-state index contributed by atoms with van der Waals surface area (Å²) in [6, 6.07) is 7.40. The van der Waals surface area contributed by atoms with E-state index in [1.165, 1.54) is 11.3 Å². The molecule has 0 saturated heterocycles. The maximum absolute atomic E-state index is 12.0. The fourth-order valence-corrected chi connectivity index (χ4v) is 3.47. The number of rotatable bonds is 5. The molecule has 0 radical (unpaired) electrons. The second kappa shape index (κ2) is 7.98. The highest BCUT2D eigenvalue weighted by Gasteiger charge is 2.21. The summed E-state index contributed by atoms with van der Waals surface area (Å²) < 4.78 is 5.11. The van der Waals surface area contributed by atoms with Crippen molar-refractivity contribution in [3.05, 3.63) is 40.4 Å². The number of hydrogen-bond donors (Lipinski definition) is 3. The average molecular weight is 360 g/mol. The third kappa shape index (κ3) is 4.48. The first-order valence-electron chi connectivity index (χ1n) is 8.11. The maximum Gasteiger partial charge on any atom is 0.321 e. The molecule has 1 aliphatic rings. The summed E-state index contributed by atoms with van der Waals surface area (Å²) in [7, 11) is 1.63. The van der Waals surface area contributed by atoms with E-state index in [4.69, 9.17) is 4.74 Å². The first-order valence-corrected chi connectivity index (χ1v) is 8.93. The summed E-state index contributed by atoms with van der Waals surface area (Å²) in [5, 5.41) is 8.77. The predicted molar refractivity (Wildman–Crippen MR) is 96.5 cm³/mol. The van der Waals surface area contributed by atoms with Crippen LogP contribution in [0, 0.1) is 0 Å². The average Bonchev–Trinajstić information content (AvgIpc) is 2.94. The van der Waals surface area contributed by atoms with E-state index < -0.39 is 0 Å². The number of carbonyl (C=O) groups is 2. The van der Waals surface area contributed by atoms with Crippen LogP contribution in [0.15, 0.2) is 24.3 Å². The SMILES string of the molecule is COc1ccc(CCNC(=O)Nc2nc3c(s2)C(=O)NCCC3)cc1. The van der Waals surface area contributed by atoms with E-state index in [0.29, 0.717) is 29.5 Å². The lowest BCUT2D eigenvalue weighted by atomic mass is 10.1. The Morgan fingerprint density at radius 3 is 2.92 bits per heavy atom. The van der Waals surface area contributed by atoms with Crippen molar-refractivity contribution in [1.82, 2.24) is 15.6 Å². The Kier molecular flexibility index (Phi) is 5.49. The van der Waals surface area contributed by atoms with Crippen LogP contribution in [0.4, 0.5) is 9.93 Å². The van der Waals surface area contributed by atoms with Crippen molar-refractivity contribution < 1.29 is 14.3 Å². The Hall–Kier alpha value is -2.61. The number of methoxy groups -OCH3 is 1. The van der Waals surface area contributed by atoms with Crippen LogP contribution < -0.4 is 20.7 Å². The van der Waals surface area contributed by atoms with E-state index in [1.54, 1.807) is 7.11 Å². The molecule has 0 atom stereocenters. The van der Waals surface area contributed by atoms with Gasteiger partial charge in [-0.25, -0.2) is 9.78 Å². The standard InChI is InChI=1S/C17H20N4O3S/c1-24-12-6-4-11(5-7-12)8-10-19-16(23)21-17-20-13-3-2-9-18-15(22)14(13)25-17/h4-7H,2-3,8-10H2,1H3,(H,18,22)(H2,19,20,21,23). The predicted octanol–water partition coefficient (Wildman–Crippen LogP) is 2.19. The second-order valence-electron chi connectivity index (χ2n) is 5.63. The molecule has 25 heavy (non-hydrogen) atoms. The van der Waals surface area contributed by atoms with E-state index in [9.17, 15) is 9.59 Å². The zero-order chi connectivity index (χ0) is 17.6. The lowest BCUT2D eigenvalue weighted by molar-refractivity contribution is 0.0960. The largest absolute Gasteiger partial charge is 0.497 e. The Labute approximate surface area is 149 Å². The van der Waals surface area contributed by atoms with E-state index >= 15 is 0 Å². The minimum atomic E-state index is -0.321. The van der Waals surface area contributed by atoms with E-state index in [-0.39, 0.29) is 11.9 Å². The molecule has 7 nitrogen and oxygen atoms in total. The van der Waals surface area contributed by atoms with E-state index in [2.05, 4.69) is 20.9 Å². The number of urea groups is 1. The Morgan fingerprint density at radius 1 is 1.36 bits per heavy atom. The first kappa shape index (κ1) is 17.2. The smallest absolute Gasteiger partial charge is 0.321 e. The zero-order valence-electron chi connectivity index (χ0n) is 13.9. The lowest BCUT2D eigenvalue weighted by Gasteiger charge is -2.06. The highest BCUT2D eigenvalue weighted by molar-refractivity contribution is 7.17. The van der Waals surface area contributed by atoms with Gasteiger partial charge in [-0.3, -0.25) is 10.1 Å². The molecule has 132 valence electrons. The van der Waals surface area contributed by atoms with Crippen molar-refractivity contribution in [3.8, 4) is 5.75 Å². The minimum Gasteiger partial charge on any atom is -0.497 e. The molecule has 0 spiro atoms. The molecule has 1 aromatic carbocycles. The summed E-state index contributed by atoms with van der Waals surface area (Å²) in [6.07, 6.45) is 2.31. The quantitative estimate of drug-likeness (QED) is 0.762. The molecule has 1 aromatic heterocycles. The number of fused-ring (bicyclic) bond motifs is 1. The maximum atomic E-state index is 12.0. The summed E-state index contributed by atoms with van der Waals surface area (Å²) in [5.41, 5.74) is 1.87. The van der Waals surface area contributed by atoms with Crippen LogP contribution >= 0.6 is 11.3 Å². The van der Waals surface area contributed by atoms with Crippen LogP contribution in [-0.4, -0.2) is 37.1 Å². The molecule has 1 aliphatic heterocycles. The molecule has 3 N–H and O–H groups in total. The minimum absolute atomic E-state index is 0.113. The number of benzene rings is 1. The molecule has 0 fully saturated rings. The van der Waals surface area contributed by atoms with Gasteiger partial charge in [0.05, 0.1) is 12.8 Å². The number of nitrogens with zero attached hydrogens (tertiary/aromatic N) is 1. The first-order chi connectivity index (χ1) is 12.2. The van der Waals surface area contributed by atoms with Crippen LogP contribution in [0.2, 0.25) is 0 Å². The summed E-state index contributed by atoms with van der Waals surface area (Å²) in [6.45, 7) is 1.17. The topological polar surface area (TPSA) is 92.3 Å². The molecule has 3 rings (SSSR count). The zero-order valence-corrected chi connectivity index (χ0v) is 14.7. The Morgan fingerprint density at radius 2 is 2.16 bits per heavy atom. The molecule has 0 aliphatic carbocycles. The van der Waals surface area contributed by atoms with Crippen molar-refractivity contribution in [1.29, 1.82) is 0 Å². The molecular formula is C17H20N4O3S. The highest BCUT2D eigenvalue weighted by Crippen LogP contribution is 2.25. The molecular weight excluding hydrogens is 340 g/mol. The molecule has 0 saturated carbocycles. The number of amides is 3. The van der Waals surface area contributed by atoms with Crippen molar-refractivity contribution in [2.45, 2.75) is 19.3 Å². The van der Waals surface area contributed by atoms with Gasteiger partial charge in [0, 0.05) is 13.1 Å². The van der Waals surface area contributed by atoms with Gasteiger partial charge >= 0.3 is 6.03 Å². The number of thiazole rings is 1. The van der Waals surface area contributed by atoms with Crippen LogP contribution in [0.5, 0.6) is 5.75 Å². The summed E-state index contributed by atoms with van der Waals surface area (Å²) >= 11 is 1.21. The van der Waals surface area contributed by atoms with Gasteiger partial charge < -0.3 is 15.4 Å². The summed E-state index contributed by atoms with van der Waals surface area (Å²) in [4.78, 5) is 28.8. The number of nitrogens with one attached hydrogen (secondary N) is 3. The van der Waals surface area contributed by atoms with E-state index in [0.717, 1.165) is 29.8 Å². The molecule has 8 heteroatoms. The molecule has 3 amide bonds. The summed E-state index contributed by atoms with van der Waals surface area (Å²) in [5.74, 6) is 0.694. The monoisotopic (exact) mass is 360 g/mol. The molecule has 2 aromatic rings. The number of carbonyl (C=O) groups excluding carboxylic acids is 2. The van der Waals surface area contributed by atoms with Crippen molar-refractivity contribution in [2.75, 3.05) is 25.5 Å². The highest BCUT2D eigenvalue weighted by atomic mass is 32.1. The van der Waals surface area contributed by atoms with Crippen LogP contribution in [0.25, 0.3) is 0 Å². The number of aryl methyl sites for hydroxylation is 1. The second-order valence-corrected chi connectivity index (χ2v) is 6.63. The molecule has 0 unspecified atom stereocenters. The number of aromatic nitrogens is 1. The van der Waals surface area contributed by atoms with Gasteiger partial charge in [-0.05, 0) is 37.0 Å². The van der Waals surface area contributed by atoms with Gasteiger partial charge in [-0.2, -0.15) is 0 Å². The van der Waals surface area contributed by atoms with Crippen molar-refractivity contribution in [2.24, 2.45) is 0 Å². The third-order valence-electron chi connectivity index (χ3n) is 3.86. The molecule has 0 bridgehead atoms. The van der Waals surface area contributed by atoms with Gasteiger partial charge in [-0.15, -0.1) is 0 Å². The van der Waals surface area contributed by atoms with Gasteiger partial charge in [0.1, 0.15) is 10.6 Å². The van der Waals surface area contributed by atoms with Crippen molar-refractivity contribution in [3.63, 3.8) is 0 Å². The number of ether oxygens (including phenoxy) is 1.